The Morgan fingerprint density at radius 1 is 0.739 bits per heavy atom. The molecular weight excluding hydrogens is 356 g/mol. The highest BCUT2D eigenvalue weighted by atomic mass is 31.2. The molecule has 23 heavy (non-hydrogen) atoms. The first-order valence-corrected chi connectivity index (χ1v) is 9.09. The molecule has 0 aliphatic heterocycles. The van der Waals surface area contributed by atoms with Gasteiger partial charge in [0.1, 0.15) is 0 Å². The third-order valence-electron chi connectivity index (χ3n) is 1.86. The van der Waals surface area contributed by atoms with E-state index in [4.69, 9.17) is 48.7 Å². The first kappa shape index (κ1) is 24.4. The minimum atomic E-state index is -4.64. The maximum Gasteiger partial charge on any atom is 0.466 e. The molecule has 11 nitrogen and oxygen atoms in total. The van der Waals surface area contributed by atoms with Crippen molar-refractivity contribution in [1.29, 1.82) is 0 Å². The van der Waals surface area contributed by atoms with Gasteiger partial charge in [-0.2, -0.15) is 0 Å². The predicted octanol–water partition coefficient (Wildman–Crippen LogP) is -1.38. The minimum Gasteiger partial charge on any atom is -0.395 e. The van der Waals surface area contributed by atoms with Gasteiger partial charge in [-0.3, -0.25) is 0 Å². The summed E-state index contributed by atoms with van der Waals surface area (Å²) in [5.74, 6) is 0. The van der Waals surface area contributed by atoms with Crippen LogP contribution in [0.25, 0.3) is 0 Å². The van der Waals surface area contributed by atoms with Crippen molar-refractivity contribution in [3.8, 4) is 0 Å². The lowest BCUT2D eigenvalue weighted by molar-refractivity contribution is 0.272. The number of phosphoric acid groups is 2. The maximum absolute atomic E-state index is 8.88. The molecule has 0 heterocycles. The monoisotopic (exact) mass is 377 g/mol. The van der Waals surface area contributed by atoms with E-state index < -0.39 is 15.6 Å². The summed E-state index contributed by atoms with van der Waals surface area (Å²) in [6.45, 7) is 1.33. The highest BCUT2D eigenvalue weighted by Gasteiger charge is 2.03. The van der Waals surface area contributed by atoms with Gasteiger partial charge in [0.05, 0.1) is 13.2 Å². The van der Waals surface area contributed by atoms with Crippen LogP contribution in [0.2, 0.25) is 0 Å². The van der Waals surface area contributed by atoms with Gasteiger partial charge in [-0.05, 0) is 12.1 Å². The second-order valence-corrected chi connectivity index (χ2v) is 5.85. The fourth-order valence-corrected chi connectivity index (χ4v) is 1.25. The average molecular weight is 377 g/mol. The Morgan fingerprint density at radius 2 is 1.04 bits per heavy atom. The van der Waals surface area contributed by atoms with Crippen LogP contribution < -0.4 is 4.90 Å². The predicted molar refractivity (Wildman–Crippen MR) is 81.4 cm³/mol. The zero-order valence-corrected chi connectivity index (χ0v) is 13.7. The van der Waals surface area contributed by atoms with Gasteiger partial charge in [-0.25, -0.2) is 9.13 Å². The normalized spacial score (nSPS) is 10.8. The van der Waals surface area contributed by atoms with E-state index in [0.29, 0.717) is 13.1 Å². The molecule has 0 aromatic heterocycles. The third kappa shape index (κ3) is 26.4. The molecule has 0 bridgehead atoms. The van der Waals surface area contributed by atoms with Crippen LogP contribution in [0.4, 0.5) is 5.69 Å². The molecule has 0 spiro atoms. The Kier molecular flexibility index (Phi) is 13.3. The van der Waals surface area contributed by atoms with Crippen molar-refractivity contribution in [2.45, 2.75) is 0 Å². The van der Waals surface area contributed by atoms with Gasteiger partial charge >= 0.3 is 15.6 Å². The lowest BCUT2D eigenvalue weighted by atomic mass is 10.3. The first-order chi connectivity index (χ1) is 10.4. The van der Waals surface area contributed by atoms with E-state index in [9.17, 15) is 0 Å². The van der Waals surface area contributed by atoms with Gasteiger partial charge in [-0.15, -0.1) is 0 Å². The molecule has 0 aliphatic rings. The number of hydrogen-bond donors (Lipinski definition) is 8. The van der Waals surface area contributed by atoms with Crippen molar-refractivity contribution in [3.05, 3.63) is 30.3 Å². The zero-order valence-electron chi connectivity index (χ0n) is 12.0. The Bertz CT molecular complexity index is 445. The number of aliphatic hydroxyl groups excluding tert-OH is 2. The van der Waals surface area contributed by atoms with Gasteiger partial charge in [0.25, 0.3) is 0 Å². The van der Waals surface area contributed by atoms with Crippen LogP contribution in [0, 0.1) is 0 Å². The van der Waals surface area contributed by atoms with Gasteiger partial charge < -0.3 is 44.5 Å². The Morgan fingerprint density at radius 3 is 1.30 bits per heavy atom. The molecule has 13 heteroatoms. The summed E-state index contributed by atoms with van der Waals surface area (Å²) in [7, 11) is -9.28. The molecule has 0 atom stereocenters. The van der Waals surface area contributed by atoms with E-state index in [0.717, 1.165) is 5.69 Å². The number of benzene rings is 1. The van der Waals surface area contributed by atoms with E-state index in [1.807, 2.05) is 35.2 Å². The number of hydrogen-bond acceptors (Lipinski definition) is 5. The summed E-state index contributed by atoms with van der Waals surface area (Å²) < 4.78 is 17.8. The summed E-state index contributed by atoms with van der Waals surface area (Å²) in [5.41, 5.74) is 1.03. The van der Waals surface area contributed by atoms with Crippen LogP contribution in [0.5, 0.6) is 0 Å². The standard InChI is InChI=1S/C10H15NO2.2H3O4P/c12-8-6-11(7-9-13)10-4-2-1-3-5-10;2*1-5(2,3)4/h1-5,12-13H,6-9H2;2*(H3,1,2,3,4). The van der Waals surface area contributed by atoms with Crippen LogP contribution in [0.15, 0.2) is 30.3 Å². The third-order valence-corrected chi connectivity index (χ3v) is 1.86. The van der Waals surface area contributed by atoms with E-state index in [2.05, 4.69) is 0 Å². The van der Waals surface area contributed by atoms with Crippen molar-refractivity contribution >= 4 is 21.3 Å². The molecule has 0 saturated carbocycles. The van der Waals surface area contributed by atoms with Gasteiger partial charge in [0.15, 0.2) is 0 Å². The first-order valence-electron chi connectivity index (χ1n) is 5.96. The second kappa shape index (κ2) is 12.6. The summed E-state index contributed by atoms with van der Waals surface area (Å²) in [6.07, 6.45) is 0. The minimum absolute atomic E-state index is 0.106. The molecule has 136 valence electrons. The fourth-order valence-electron chi connectivity index (χ4n) is 1.25. The van der Waals surface area contributed by atoms with E-state index in [-0.39, 0.29) is 13.2 Å². The van der Waals surface area contributed by atoms with Crippen LogP contribution in [-0.4, -0.2) is 65.9 Å². The smallest absolute Gasteiger partial charge is 0.395 e. The van der Waals surface area contributed by atoms with Gasteiger partial charge in [0, 0.05) is 18.8 Å². The SMILES string of the molecule is O=P(O)(O)O.O=P(O)(O)O.OCCN(CCO)c1ccccc1. The zero-order chi connectivity index (χ0) is 18.5. The quantitative estimate of drug-likeness (QED) is 0.281. The van der Waals surface area contributed by atoms with Crippen molar-refractivity contribution < 1.29 is 48.7 Å². The number of aliphatic hydroxyl groups is 2. The molecule has 0 fully saturated rings. The summed E-state index contributed by atoms with van der Waals surface area (Å²) in [5, 5.41) is 17.6. The molecule has 0 unspecified atom stereocenters. The summed E-state index contributed by atoms with van der Waals surface area (Å²) >= 11 is 0. The Hall–Kier alpha value is -0.840. The molecule has 1 aromatic rings. The van der Waals surface area contributed by atoms with Crippen molar-refractivity contribution in [3.63, 3.8) is 0 Å². The fraction of sp³-hybridized carbons (Fsp3) is 0.400. The van der Waals surface area contributed by atoms with Crippen LogP contribution in [0.1, 0.15) is 0 Å². The lowest BCUT2D eigenvalue weighted by Gasteiger charge is -2.22. The van der Waals surface area contributed by atoms with Crippen LogP contribution in [-0.2, 0) is 9.13 Å². The van der Waals surface area contributed by atoms with Gasteiger partial charge in [0.2, 0.25) is 0 Å². The topological polar surface area (TPSA) is 199 Å². The van der Waals surface area contributed by atoms with Crippen molar-refractivity contribution in [1.82, 2.24) is 0 Å². The van der Waals surface area contributed by atoms with Crippen molar-refractivity contribution in [2.75, 3.05) is 31.2 Å². The van der Waals surface area contributed by atoms with E-state index in [1.165, 1.54) is 0 Å². The molecular formula is C10H21NO10P2. The Balaban J connectivity index is 0. The summed E-state index contributed by atoms with van der Waals surface area (Å²) in [4.78, 5) is 45.1. The molecule has 0 radical (unpaired) electrons. The largest absolute Gasteiger partial charge is 0.466 e. The molecule has 0 aliphatic carbocycles. The molecule has 8 N–H and O–H groups in total. The second-order valence-electron chi connectivity index (χ2n) is 3.80. The molecule has 0 saturated heterocycles. The van der Waals surface area contributed by atoms with E-state index >= 15 is 0 Å². The van der Waals surface area contributed by atoms with Crippen molar-refractivity contribution in [2.24, 2.45) is 0 Å². The molecule has 1 aromatic carbocycles. The number of rotatable bonds is 5. The number of nitrogens with zero attached hydrogens (tertiary/aromatic N) is 1. The average Bonchev–Trinajstić information content (AvgIpc) is 2.36. The molecule has 0 amide bonds. The molecule has 1 rings (SSSR count). The maximum atomic E-state index is 8.88. The lowest BCUT2D eigenvalue weighted by Crippen LogP contribution is -2.29. The Labute approximate surface area is 132 Å². The highest BCUT2D eigenvalue weighted by molar-refractivity contribution is 7.45. The number of anilines is 1. The summed E-state index contributed by atoms with van der Waals surface area (Å²) in [6, 6.07) is 9.75. The van der Waals surface area contributed by atoms with E-state index in [1.54, 1.807) is 0 Å². The van der Waals surface area contributed by atoms with Crippen LogP contribution >= 0.6 is 15.6 Å². The number of para-hydroxylation sites is 1. The van der Waals surface area contributed by atoms with Gasteiger partial charge in [-0.1, -0.05) is 18.2 Å². The highest BCUT2D eigenvalue weighted by Crippen LogP contribution is 2.26. The van der Waals surface area contributed by atoms with Crippen LogP contribution in [0.3, 0.4) is 0 Å².